The molecule has 0 fully saturated rings. The van der Waals surface area contributed by atoms with Crippen molar-refractivity contribution in [1.82, 2.24) is 0 Å². The maximum absolute atomic E-state index is 11.9. The third kappa shape index (κ3) is 3.57. The van der Waals surface area contributed by atoms with E-state index in [4.69, 9.17) is 5.53 Å². The zero-order valence-corrected chi connectivity index (χ0v) is 11.0. The lowest BCUT2D eigenvalue weighted by Gasteiger charge is -1.97. The maximum Gasteiger partial charge on any atom is 0.185 e. The number of azide groups is 1. The fourth-order valence-corrected chi connectivity index (χ4v) is 1.69. The topological polar surface area (TPSA) is 65.8 Å². The summed E-state index contributed by atoms with van der Waals surface area (Å²) < 4.78 is 0. The van der Waals surface area contributed by atoms with Crippen LogP contribution in [0.4, 0.5) is 5.69 Å². The number of ketones is 1. The van der Waals surface area contributed by atoms with Crippen molar-refractivity contribution in [3.8, 4) is 0 Å². The molecule has 98 valence electrons. The van der Waals surface area contributed by atoms with Crippen LogP contribution in [0, 0.1) is 6.92 Å². The third-order valence-corrected chi connectivity index (χ3v) is 2.82. The van der Waals surface area contributed by atoms with Gasteiger partial charge in [0.25, 0.3) is 0 Å². The first-order valence-electron chi connectivity index (χ1n) is 6.13. The smallest absolute Gasteiger partial charge is 0.185 e. The maximum atomic E-state index is 11.9. The minimum Gasteiger partial charge on any atom is -0.289 e. The molecule has 0 aliphatic carbocycles. The molecule has 2 aromatic carbocycles. The predicted octanol–water partition coefficient (Wildman–Crippen LogP) is 4.83. The van der Waals surface area contributed by atoms with E-state index in [0.29, 0.717) is 11.3 Å². The standard InChI is InChI=1S/C16H13N3O/c1-12-2-7-14(8-3-12)16(20)11-6-13-4-9-15(10-5-13)18-19-17/h2-11H,1H3/b11-6+. The Bertz CT molecular complexity index is 679. The second kappa shape index (κ2) is 6.36. The summed E-state index contributed by atoms with van der Waals surface area (Å²) in [4.78, 5) is 14.7. The molecule has 0 spiro atoms. The van der Waals surface area contributed by atoms with Gasteiger partial charge < -0.3 is 0 Å². The molecule has 4 nitrogen and oxygen atoms in total. The van der Waals surface area contributed by atoms with E-state index < -0.39 is 0 Å². The molecule has 0 saturated heterocycles. The Labute approximate surface area is 117 Å². The number of nitrogens with zero attached hydrogens (tertiary/aromatic N) is 3. The summed E-state index contributed by atoms with van der Waals surface area (Å²) in [6.07, 6.45) is 3.27. The summed E-state index contributed by atoms with van der Waals surface area (Å²) in [5, 5.41) is 3.49. The molecule has 0 amide bonds. The number of hydrogen-bond acceptors (Lipinski definition) is 2. The van der Waals surface area contributed by atoms with Crippen LogP contribution in [0.2, 0.25) is 0 Å². The molecule has 2 rings (SSSR count). The summed E-state index contributed by atoms with van der Waals surface area (Å²) in [7, 11) is 0. The van der Waals surface area contributed by atoms with Crippen LogP contribution in [0.1, 0.15) is 21.5 Å². The van der Waals surface area contributed by atoms with Crippen molar-refractivity contribution in [3.63, 3.8) is 0 Å². The van der Waals surface area contributed by atoms with E-state index in [0.717, 1.165) is 11.1 Å². The van der Waals surface area contributed by atoms with Crippen molar-refractivity contribution in [1.29, 1.82) is 0 Å². The van der Waals surface area contributed by atoms with E-state index in [9.17, 15) is 4.79 Å². The Hall–Kier alpha value is -2.84. The van der Waals surface area contributed by atoms with Crippen LogP contribution in [0.5, 0.6) is 0 Å². The van der Waals surface area contributed by atoms with Crippen molar-refractivity contribution in [2.24, 2.45) is 5.11 Å². The van der Waals surface area contributed by atoms with Gasteiger partial charge in [-0.3, -0.25) is 4.79 Å². The molecule has 0 atom stereocenters. The molecule has 0 N–H and O–H groups in total. The van der Waals surface area contributed by atoms with E-state index in [1.54, 1.807) is 30.3 Å². The minimum absolute atomic E-state index is 0.0378. The summed E-state index contributed by atoms with van der Waals surface area (Å²) in [5.41, 5.74) is 11.5. The van der Waals surface area contributed by atoms with Crippen molar-refractivity contribution in [2.75, 3.05) is 0 Å². The molecule has 20 heavy (non-hydrogen) atoms. The predicted molar refractivity (Wildman–Crippen MR) is 79.8 cm³/mol. The largest absolute Gasteiger partial charge is 0.289 e. The number of benzene rings is 2. The van der Waals surface area contributed by atoms with E-state index in [1.807, 2.05) is 31.2 Å². The molecule has 0 saturated carbocycles. The summed E-state index contributed by atoms with van der Waals surface area (Å²) in [6.45, 7) is 1.98. The monoisotopic (exact) mass is 263 g/mol. The zero-order chi connectivity index (χ0) is 14.4. The second-order valence-electron chi connectivity index (χ2n) is 4.34. The second-order valence-corrected chi connectivity index (χ2v) is 4.34. The quantitative estimate of drug-likeness (QED) is 0.256. The van der Waals surface area contributed by atoms with Crippen LogP contribution >= 0.6 is 0 Å². The van der Waals surface area contributed by atoms with Gasteiger partial charge in [-0.05, 0) is 24.1 Å². The Kier molecular flexibility index (Phi) is 4.32. The summed E-state index contributed by atoms with van der Waals surface area (Å²) >= 11 is 0. The van der Waals surface area contributed by atoms with Gasteiger partial charge in [0, 0.05) is 16.2 Å². The highest BCUT2D eigenvalue weighted by Gasteiger charge is 2.00. The van der Waals surface area contributed by atoms with Crippen LogP contribution in [0.3, 0.4) is 0 Å². The number of hydrogen-bond donors (Lipinski definition) is 0. The van der Waals surface area contributed by atoms with Crippen molar-refractivity contribution >= 4 is 17.5 Å². The van der Waals surface area contributed by atoms with Gasteiger partial charge in [0.2, 0.25) is 0 Å². The molecular formula is C16H13N3O. The molecule has 0 aliphatic heterocycles. The van der Waals surface area contributed by atoms with Gasteiger partial charge in [0.05, 0.1) is 0 Å². The average molecular weight is 263 g/mol. The fourth-order valence-electron chi connectivity index (χ4n) is 1.69. The van der Waals surface area contributed by atoms with E-state index in [2.05, 4.69) is 10.0 Å². The fraction of sp³-hybridized carbons (Fsp3) is 0.0625. The van der Waals surface area contributed by atoms with Crippen molar-refractivity contribution in [3.05, 3.63) is 81.7 Å². The van der Waals surface area contributed by atoms with Crippen LogP contribution in [0.15, 0.2) is 59.7 Å². The highest BCUT2D eigenvalue weighted by atomic mass is 16.1. The molecule has 0 radical (unpaired) electrons. The summed E-state index contributed by atoms with van der Waals surface area (Å²) in [5.74, 6) is -0.0378. The normalized spacial score (nSPS) is 10.2. The average Bonchev–Trinajstić information content (AvgIpc) is 2.47. The van der Waals surface area contributed by atoms with Gasteiger partial charge in [-0.1, -0.05) is 65.3 Å². The molecule has 2 aromatic rings. The Balaban J connectivity index is 2.10. The first-order chi connectivity index (χ1) is 9.69. The summed E-state index contributed by atoms with van der Waals surface area (Å²) in [6, 6.07) is 14.4. The number of rotatable bonds is 4. The lowest BCUT2D eigenvalue weighted by molar-refractivity contribution is 0.104. The first kappa shape index (κ1) is 13.6. The lowest BCUT2D eigenvalue weighted by atomic mass is 10.1. The van der Waals surface area contributed by atoms with Crippen LogP contribution in [-0.2, 0) is 0 Å². The van der Waals surface area contributed by atoms with Gasteiger partial charge in [0.1, 0.15) is 0 Å². The lowest BCUT2D eigenvalue weighted by Crippen LogP contribution is -1.93. The number of carbonyl (C=O) groups excluding carboxylic acids is 1. The minimum atomic E-state index is -0.0378. The number of aryl methyl sites for hydroxylation is 1. The molecule has 0 aliphatic rings. The molecule has 0 unspecified atom stereocenters. The van der Waals surface area contributed by atoms with Crippen molar-refractivity contribution in [2.45, 2.75) is 6.92 Å². The number of carbonyl (C=O) groups is 1. The Morgan fingerprint density at radius 3 is 2.35 bits per heavy atom. The van der Waals surface area contributed by atoms with E-state index >= 15 is 0 Å². The highest BCUT2D eigenvalue weighted by Crippen LogP contribution is 2.14. The van der Waals surface area contributed by atoms with Crippen LogP contribution in [-0.4, -0.2) is 5.78 Å². The van der Waals surface area contributed by atoms with Gasteiger partial charge in [0.15, 0.2) is 5.78 Å². The van der Waals surface area contributed by atoms with Gasteiger partial charge in [-0.15, -0.1) is 0 Å². The molecule has 0 aromatic heterocycles. The van der Waals surface area contributed by atoms with Crippen LogP contribution < -0.4 is 0 Å². The zero-order valence-electron chi connectivity index (χ0n) is 11.0. The van der Waals surface area contributed by atoms with Gasteiger partial charge in [-0.25, -0.2) is 0 Å². The highest BCUT2D eigenvalue weighted by molar-refractivity contribution is 6.06. The van der Waals surface area contributed by atoms with Crippen molar-refractivity contribution < 1.29 is 4.79 Å². The van der Waals surface area contributed by atoms with E-state index in [-0.39, 0.29) is 5.78 Å². The molecule has 4 heteroatoms. The van der Waals surface area contributed by atoms with E-state index in [1.165, 1.54) is 6.08 Å². The van der Waals surface area contributed by atoms with Gasteiger partial charge in [-0.2, -0.15) is 0 Å². The third-order valence-electron chi connectivity index (χ3n) is 2.82. The molecule has 0 bridgehead atoms. The Morgan fingerprint density at radius 2 is 1.75 bits per heavy atom. The van der Waals surface area contributed by atoms with Crippen LogP contribution in [0.25, 0.3) is 16.5 Å². The molecular weight excluding hydrogens is 250 g/mol. The first-order valence-corrected chi connectivity index (χ1v) is 6.13. The Morgan fingerprint density at radius 1 is 1.10 bits per heavy atom. The SMILES string of the molecule is Cc1ccc(C(=O)/C=C/c2ccc(N=[N+]=[N-])cc2)cc1. The van der Waals surface area contributed by atoms with Gasteiger partial charge >= 0.3 is 0 Å². The number of allylic oxidation sites excluding steroid dienone is 1. The molecule has 0 heterocycles.